The third-order valence-corrected chi connectivity index (χ3v) is 8.34. The minimum atomic E-state index is -0.685. The Morgan fingerprint density at radius 1 is 1.19 bits per heavy atom. The normalized spacial score (nSPS) is 36.8. The largest absolute Gasteiger partial charge is 0.443 e. The lowest BCUT2D eigenvalue weighted by molar-refractivity contribution is -0.130. The Morgan fingerprint density at radius 2 is 1.89 bits per heavy atom. The number of hydrogen-bond donors (Lipinski definition) is 2. The van der Waals surface area contributed by atoms with Gasteiger partial charge in [0.25, 0.3) is 5.91 Å². The summed E-state index contributed by atoms with van der Waals surface area (Å²) in [7, 11) is 1.66. The van der Waals surface area contributed by atoms with Gasteiger partial charge in [-0.2, -0.15) is 0 Å². The smallest absolute Gasteiger partial charge is 0.408 e. The fraction of sp³-hybridized carbons (Fsp3) is 0.852. The molecule has 1 spiro atoms. The molecule has 36 heavy (non-hydrogen) atoms. The minimum absolute atomic E-state index is 0.0413. The van der Waals surface area contributed by atoms with E-state index in [2.05, 4.69) is 37.6 Å². The van der Waals surface area contributed by atoms with Crippen molar-refractivity contribution in [1.82, 2.24) is 15.8 Å². The van der Waals surface area contributed by atoms with Crippen molar-refractivity contribution in [2.24, 2.45) is 11.8 Å². The Labute approximate surface area is 215 Å². The van der Waals surface area contributed by atoms with Crippen LogP contribution in [0.3, 0.4) is 0 Å². The number of amides is 2. The monoisotopic (exact) mass is 507 g/mol. The summed E-state index contributed by atoms with van der Waals surface area (Å²) in [6.45, 7) is 12.5. The highest BCUT2D eigenvalue weighted by molar-refractivity contribution is 5.85. The van der Waals surface area contributed by atoms with Crippen molar-refractivity contribution in [2.75, 3.05) is 26.8 Å². The first-order chi connectivity index (χ1) is 17.1. The highest BCUT2D eigenvalue weighted by atomic mass is 16.6. The first-order valence-electron chi connectivity index (χ1n) is 13.6. The molecule has 2 N–H and O–H groups in total. The molecule has 3 heterocycles. The van der Waals surface area contributed by atoms with Crippen molar-refractivity contribution in [3.05, 3.63) is 11.6 Å². The van der Waals surface area contributed by atoms with E-state index in [4.69, 9.17) is 18.9 Å². The summed E-state index contributed by atoms with van der Waals surface area (Å²) in [6, 6.07) is -0.685. The van der Waals surface area contributed by atoms with Gasteiger partial charge in [-0.3, -0.25) is 10.2 Å². The van der Waals surface area contributed by atoms with Gasteiger partial charge in [-0.15, -0.1) is 0 Å². The first kappa shape index (κ1) is 27.4. The van der Waals surface area contributed by atoms with E-state index < -0.39 is 23.8 Å². The van der Waals surface area contributed by atoms with E-state index >= 15 is 0 Å². The van der Waals surface area contributed by atoms with Crippen LogP contribution in [0.15, 0.2) is 11.6 Å². The predicted octanol–water partition coefficient (Wildman–Crippen LogP) is 3.33. The number of hydrogen-bond acceptors (Lipinski definition) is 7. The van der Waals surface area contributed by atoms with Gasteiger partial charge in [0, 0.05) is 20.2 Å². The molecule has 0 bridgehead atoms. The van der Waals surface area contributed by atoms with Gasteiger partial charge in [0.2, 0.25) is 0 Å². The molecule has 7 atom stereocenters. The number of nitrogens with zero attached hydrogens (tertiary/aromatic N) is 1. The third kappa shape index (κ3) is 5.90. The van der Waals surface area contributed by atoms with Gasteiger partial charge in [0.1, 0.15) is 29.5 Å². The maximum Gasteiger partial charge on any atom is 0.408 e. The van der Waals surface area contributed by atoms with Crippen LogP contribution in [0.2, 0.25) is 0 Å². The molecule has 1 saturated carbocycles. The van der Waals surface area contributed by atoms with Crippen molar-refractivity contribution >= 4 is 12.0 Å². The van der Waals surface area contributed by atoms with E-state index in [-0.39, 0.29) is 35.6 Å². The number of alkyl carbamates (subject to hydrolysis) is 1. The van der Waals surface area contributed by atoms with Crippen molar-refractivity contribution < 1.29 is 28.5 Å². The quantitative estimate of drug-likeness (QED) is 0.364. The molecule has 3 saturated heterocycles. The summed E-state index contributed by atoms with van der Waals surface area (Å²) in [5, 5.41) is 4.76. The van der Waals surface area contributed by atoms with E-state index in [0.717, 1.165) is 38.8 Å². The molecular formula is C27H45N3O6. The number of carbonyl (C=O) groups excluding carboxylic acids is 2. The molecule has 9 nitrogen and oxygen atoms in total. The third-order valence-electron chi connectivity index (χ3n) is 8.34. The molecule has 0 aromatic rings. The van der Waals surface area contributed by atoms with Crippen molar-refractivity contribution in [3.63, 3.8) is 0 Å². The van der Waals surface area contributed by atoms with E-state index in [1.807, 2.05) is 18.9 Å². The Kier molecular flexibility index (Phi) is 8.34. The van der Waals surface area contributed by atoms with E-state index in [0.29, 0.717) is 13.0 Å². The second-order valence-corrected chi connectivity index (χ2v) is 11.7. The van der Waals surface area contributed by atoms with E-state index in [1.165, 1.54) is 12.0 Å². The maximum atomic E-state index is 13.0. The predicted molar refractivity (Wildman–Crippen MR) is 135 cm³/mol. The SMILES string of the molecule is CO[C@@H]1[C@H](OC(=O)N[C@@H](C(=O)NN2CCCCC2)C(C)C)CC[C@]2(CO2)[C@H]1[C@@]1(C)O[C@@H]1CC=C(C)C. The molecule has 0 aromatic heterocycles. The average Bonchev–Trinajstić information content (AvgIpc) is 3.74. The topological polar surface area (TPSA) is 105 Å². The van der Waals surface area contributed by atoms with E-state index in [9.17, 15) is 9.59 Å². The lowest BCUT2D eigenvalue weighted by atomic mass is 9.68. The number of carbonyl (C=O) groups is 2. The van der Waals surface area contributed by atoms with Gasteiger partial charge in [-0.05, 0) is 58.8 Å². The lowest BCUT2D eigenvalue weighted by Gasteiger charge is -2.42. The number of piperidine rings is 1. The Morgan fingerprint density at radius 3 is 2.47 bits per heavy atom. The van der Waals surface area contributed by atoms with Gasteiger partial charge >= 0.3 is 6.09 Å². The maximum absolute atomic E-state index is 13.0. The molecule has 4 rings (SSSR count). The summed E-state index contributed by atoms with van der Waals surface area (Å²) in [5.41, 5.74) is 3.56. The molecule has 3 aliphatic heterocycles. The Hall–Kier alpha value is -1.68. The van der Waals surface area contributed by atoms with Crippen LogP contribution in [0.5, 0.6) is 0 Å². The number of rotatable bonds is 9. The molecule has 4 fully saturated rings. The molecule has 4 aliphatic rings. The summed E-state index contributed by atoms with van der Waals surface area (Å²) in [4.78, 5) is 26.0. The number of allylic oxidation sites excluding steroid dienone is 1. The highest BCUT2D eigenvalue weighted by Crippen LogP contribution is 2.59. The average molecular weight is 508 g/mol. The molecular weight excluding hydrogens is 462 g/mol. The standard InChI is InChI=1S/C27H45N3O6/c1-17(2)10-11-20-26(5,36-20)23-22(33-6)19(12-13-27(23)16-34-27)35-25(32)28-21(18(3)4)24(31)29-30-14-8-7-9-15-30/h10,18-23H,7-9,11-16H2,1-6H3,(H,28,32)(H,29,31)/t19-,20-,21-,22-,23-,26+,27+/m1/s1. The second kappa shape index (κ2) is 11.0. The molecule has 9 heteroatoms. The van der Waals surface area contributed by atoms with Gasteiger partial charge in [-0.25, -0.2) is 9.80 Å². The van der Waals surface area contributed by atoms with Crippen LogP contribution in [0, 0.1) is 11.8 Å². The number of methoxy groups -OCH3 is 1. The van der Waals surface area contributed by atoms with Gasteiger partial charge < -0.3 is 24.3 Å². The van der Waals surface area contributed by atoms with Crippen LogP contribution < -0.4 is 10.7 Å². The van der Waals surface area contributed by atoms with Crippen LogP contribution in [0.4, 0.5) is 4.79 Å². The molecule has 1 aliphatic carbocycles. The zero-order valence-electron chi connectivity index (χ0n) is 22.8. The van der Waals surface area contributed by atoms with Gasteiger partial charge in [0.05, 0.1) is 18.6 Å². The van der Waals surface area contributed by atoms with Crippen LogP contribution in [0.1, 0.15) is 73.1 Å². The molecule has 204 valence electrons. The summed E-state index contributed by atoms with van der Waals surface area (Å²) < 4.78 is 24.1. The molecule has 0 unspecified atom stereocenters. The fourth-order valence-electron chi connectivity index (χ4n) is 6.13. The Bertz CT molecular complexity index is 833. The second-order valence-electron chi connectivity index (χ2n) is 11.7. The van der Waals surface area contributed by atoms with Gasteiger partial charge in [-0.1, -0.05) is 31.9 Å². The minimum Gasteiger partial charge on any atom is -0.443 e. The zero-order chi connectivity index (χ0) is 26.1. The molecule has 2 amide bonds. The zero-order valence-corrected chi connectivity index (χ0v) is 22.8. The van der Waals surface area contributed by atoms with E-state index in [1.54, 1.807) is 7.11 Å². The first-order valence-corrected chi connectivity index (χ1v) is 13.6. The van der Waals surface area contributed by atoms with Crippen molar-refractivity contribution in [3.8, 4) is 0 Å². The van der Waals surface area contributed by atoms with Crippen LogP contribution in [-0.2, 0) is 23.7 Å². The van der Waals surface area contributed by atoms with Gasteiger partial charge in [0.15, 0.2) is 0 Å². The lowest BCUT2D eigenvalue weighted by Crippen LogP contribution is -2.58. The van der Waals surface area contributed by atoms with Crippen molar-refractivity contribution in [1.29, 1.82) is 0 Å². The van der Waals surface area contributed by atoms with Crippen molar-refractivity contribution in [2.45, 2.75) is 109 Å². The van der Waals surface area contributed by atoms with Crippen LogP contribution >= 0.6 is 0 Å². The number of ether oxygens (including phenoxy) is 4. The molecule has 0 radical (unpaired) electrons. The Balaban J connectivity index is 1.39. The summed E-state index contributed by atoms with van der Waals surface area (Å²) in [6.07, 6.45) is 6.47. The van der Waals surface area contributed by atoms with Crippen LogP contribution in [-0.4, -0.2) is 79.4 Å². The summed E-state index contributed by atoms with van der Waals surface area (Å²) in [5.74, 6) is -0.335. The fourth-order valence-corrected chi connectivity index (χ4v) is 6.13. The number of epoxide rings is 2. The number of nitrogens with one attached hydrogen (secondary N) is 2. The van der Waals surface area contributed by atoms with Crippen LogP contribution in [0.25, 0.3) is 0 Å². The molecule has 0 aromatic carbocycles. The highest BCUT2D eigenvalue weighted by Gasteiger charge is 2.72. The number of hydrazine groups is 1. The summed E-state index contributed by atoms with van der Waals surface area (Å²) >= 11 is 0.